The van der Waals surface area contributed by atoms with Gasteiger partial charge in [0.15, 0.2) is 11.5 Å². The van der Waals surface area contributed by atoms with E-state index in [-0.39, 0.29) is 91.0 Å². The first-order valence-corrected chi connectivity index (χ1v) is 33.1. The number of alkyl carbamates (subject to hydrolysis) is 1. The first-order valence-electron chi connectivity index (χ1n) is 30.7. The minimum Gasteiger partial charge on any atom is -0.744 e. The van der Waals surface area contributed by atoms with Crippen molar-refractivity contribution in [2.24, 2.45) is 17.6 Å². The highest BCUT2D eigenvalue weighted by Crippen LogP contribution is 2.48. The zero-order valence-electron chi connectivity index (χ0n) is 52.9. The molecule has 0 spiro atoms. The molecule has 0 saturated carbocycles. The molecule has 6 rings (SSSR count). The van der Waals surface area contributed by atoms with E-state index >= 15 is 0 Å². The predicted octanol–water partition coefficient (Wildman–Crippen LogP) is 8.20. The Morgan fingerprint density at radius 2 is 1.41 bits per heavy atom. The fourth-order valence-electron chi connectivity index (χ4n) is 11.4. The van der Waals surface area contributed by atoms with Crippen molar-refractivity contribution in [3.63, 3.8) is 0 Å². The average Bonchev–Trinajstić information content (AvgIpc) is 1.61. The van der Waals surface area contributed by atoms with Crippen LogP contribution in [0.3, 0.4) is 0 Å². The van der Waals surface area contributed by atoms with Crippen LogP contribution in [0.2, 0.25) is 0 Å². The Bertz CT molecular complexity index is 3510. The van der Waals surface area contributed by atoms with E-state index < -0.39 is 56.1 Å². The molecule has 91 heavy (non-hydrogen) atoms. The van der Waals surface area contributed by atoms with Crippen LogP contribution in [-0.4, -0.2) is 127 Å². The molecule has 3 aromatic carbocycles. The van der Waals surface area contributed by atoms with Crippen LogP contribution in [-0.2, 0) is 71.7 Å². The van der Waals surface area contributed by atoms with Gasteiger partial charge in [0.1, 0.15) is 29.1 Å². The summed E-state index contributed by atoms with van der Waals surface area (Å²) in [5.74, 6) is -2.73. The van der Waals surface area contributed by atoms with E-state index in [0.717, 1.165) is 59.1 Å². The molecule has 3 aromatic rings. The number of carbonyl (C=O) groups is 8. The van der Waals surface area contributed by atoms with Crippen LogP contribution in [0.5, 0.6) is 0 Å². The van der Waals surface area contributed by atoms with Crippen molar-refractivity contribution >= 4 is 90.8 Å². The van der Waals surface area contributed by atoms with Gasteiger partial charge in [-0.1, -0.05) is 82.7 Å². The van der Waals surface area contributed by atoms with Gasteiger partial charge in [-0.2, -0.15) is 4.58 Å². The number of fused-ring (bicyclic) bond motifs is 2. The van der Waals surface area contributed by atoms with Crippen LogP contribution in [0.15, 0.2) is 120 Å². The van der Waals surface area contributed by atoms with Gasteiger partial charge in [-0.05, 0) is 119 Å². The van der Waals surface area contributed by atoms with E-state index in [2.05, 4.69) is 68.9 Å². The Labute approximate surface area is 534 Å². The average molecular weight is 1300 g/mol. The summed E-state index contributed by atoms with van der Waals surface area (Å²) in [4.78, 5) is 104. The Hall–Kier alpha value is -8.42. The molecular weight excluding hydrogens is 1210 g/mol. The second-order valence-electron chi connectivity index (χ2n) is 23.9. The molecule has 0 radical (unpaired) electrons. The second kappa shape index (κ2) is 34.7. The van der Waals surface area contributed by atoms with Crippen molar-refractivity contribution < 1.29 is 73.3 Å². The number of primary amides is 1. The quantitative estimate of drug-likeness (QED) is 0.0124. The standard InChI is InChI=1S/C66H86N8O12S.O3S/c1-8-72-54-35-34-50(87(83,84)85)43-52(54)66(6,7)56(72)27-13-9-14-28-57-65(4,5)51-25-16-17-26-53(51)73(57)40-18-10-12-23-49(75)24-21-39-69-64(82)86-44-46-30-32-48(33-31-46)70-62(80)47(22-20-38-68-63(67)81)42-55(76)61(45(2)3)71-58(77)29-15-11-19-41-74-59(78)36-37-60(74)79;1-4(2)3/h9,13-14,16-17,25-28,30-37,43,45,47,61H,8,10-12,15,18-24,29,38-42,44H2,1-7H3,(H6-,67,68,69,70,71,77,80,81,82,83,84,85);/t47-,61+;/m1./s1. The van der Waals surface area contributed by atoms with E-state index in [9.17, 15) is 51.3 Å². The third-order valence-corrected chi connectivity index (χ3v) is 17.0. The lowest BCUT2D eigenvalue weighted by molar-refractivity contribution is -0.438. The Morgan fingerprint density at radius 1 is 0.758 bits per heavy atom. The highest BCUT2D eigenvalue weighted by molar-refractivity contribution is 7.85. The molecule has 492 valence electrons. The van der Waals surface area contributed by atoms with E-state index in [1.165, 1.54) is 29.8 Å². The molecule has 0 unspecified atom stereocenters. The van der Waals surface area contributed by atoms with Gasteiger partial charge in [-0.3, -0.25) is 33.7 Å². The fraction of sp³-hybridized carbons (Fsp3) is 0.470. The van der Waals surface area contributed by atoms with E-state index in [1.54, 1.807) is 44.2 Å². The number of allylic oxidation sites excluding steroid dienone is 6. The molecule has 3 aliphatic heterocycles. The zero-order valence-corrected chi connectivity index (χ0v) is 54.6. The molecule has 7 amide bonds. The number of nitrogens with one attached hydrogen (secondary N) is 4. The van der Waals surface area contributed by atoms with Crippen molar-refractivity contribution in [2.75, 3.05) is 42.9 Å². The molecule has 3 aliphatic rings. The molecule has 0 bridgehead atoms. The van der Waals surface area contributed by atoms with E-state index in [1.807, 2.05) is 51.1 Å². The summed E-state index contributed by atoms with van der Waals surface area (Å²) in [6.07, 6.45) is 17.9. The largest absolute Gasteiger partial charge is 0.744 e. The number of imide groups is 1. The number of likely N-dealkylation sites (N-methyl/N-ethyl adjacent to an activating group) is 1. The Balaban J connectivity index is 0.00000365. The number of anilines is 2. The van der Waals surface area contributed by atoms with Crippen LogP contribution < -0.4 is 31.9 Å². The van der Waals surface area contributed by atoms with Gasteiger partial charge < -0.3 is 41.2 Å². The molecular formula is C66H86N8O15S2. The lowest BCUT2D eigenvalue weighted by Crippen LogP contribution is -2.45. The number of Topliss-reactive ketones (excluding diaryl/α,β-unsaturated/α-hetero) is 2. The second-order valence-corrected chi connectivity index (χ2v) is 25.7. The SMILES string of the molecule is CCN1C(=CC=CC=CC2=[N+](CCCCCC(=O)CCCNC(=O)OCc3ccc(NC(=O)[C@H](CCCNC(N)=O)CC(=O)[C@@H](NC(=O)CCCCCN4C(=O)C=CC4=O)C(C)C)cc3)c3ccccc3C2(C)C)C(C)(C)c2cc(S(=O)(=O)[O-])ccc21.O=S(=O)=O. The monoisotopic (exact) mass is 1290 g/mol. The van der Waals surface area contributed by atoms with Crippen LogP contribution in [0.1, 0.15) is 149 Å². The van der Waals surface area contributed by atoms with Gasteiger partial charge in [0.2, 0.25) is 17.5 Å². The Kier molecular flexibility index (Phi) is 27.9. The maximum atomic E-state index is 13.7. The minimum atomic E-state index is -4.59. The summed E-state index contributed by atoms with van der Waals surface area (Å²) in [6.45, 7) is 16.3. The maximum absolute atomic E-state index is 13.7. The number of hydrogen-bond donors (Lipinski definition) is 5. The van der Waals surface area contributed by atoms with Crippen LogP contribution >= 0.6 is 0 Å². The number of unbranched alkanes of at least 4 members (excludes halogenated alkanes) is 4. The normalized spacial score (nSPS) is 15.8. The number of ether oxygens (including phenoxy) is 1. The van der Waals surface area contributed by atoms with E-state index in [4.69, 9.17) is 23.1 Å². The molecule has 0 aliphatic carbocycles. The van der Waals surface area contributed by atoms with E-state index in [0.29, 0.717) is 62.7 Å². The zero-order chi connectivity index (χ0) is 67.1. The van der Waals surface area contributed by atoms with Crippen LogP contribution in [0.4, 0.5) is 26.7 Å². The molecule has 6 N–H and O–H groups in total. The van der Waals surface area contributed by atoms with Crippen molar-refractivity contribution in [3.8, 4) is 0 Å². The summed E-state index contributed by atoms with van der Waals surface area (Å²) < 4.78 is 68.6. The van der Waals surface area contributed by atoms with Gasteiger partial charge in [0, 0.05) is 117 Å². The molecule has 0 saturated heterocycles. The molecule has 0 aromatic heterocycles. The molecule has 23 nitrogen and oxygen atoms in total. The third-order valence-electron chi connectivity index (χ3n) is 16.2. The lowest BCUT2D eigenvalue weighted by Gasteiger charge is -2.25. The van der Waals surface area contributed by atoms with Crippen molar-refractivity contribution in [1.82, 2.24) is 20.9 Å². The molecule has 0 fully saturated rings. The number of benzene rings is 3. The molecule has 2 atom stereocenters. The number of para-hydroxylation sites is 1. The van der Waals surface area contributed by atoms with Gasteiger partial charge in [0.05, 0.1) is 16.4 Å². The van der Waals surface area contributed by atoms with Crippen molar-refractivity contribution in [2.45, 2.75) is 160 Å². The summed E-state index contributed by atoms with van der Waals surface area (Å²) >= 11 is 0. The Morgan fingerprint density at radius 3 is 2.07 bits per heavy atom. The molecule has 3 heterocycles. The number of carbonyl (C=O) groups excluding carboxylic acids is 8. The highest BCUT2D eigenvalue weighted by atomic mass is 32.2. The number of urea groups is 1. The number of rotatable bonds is 34. The van der Waals surface area contributed by atoms with Gasteiger partial charge in [-0.25, -0.2) is 18.0 Å². The summed E-state index contributed by atoms with van der Waals surface area (Å²) in [5, 5.41) is 10.9. The van der Waals surface area contributed by atoms with Gasteiger partial charge >= 0.3 is 22.7 Å². The smallest absolute Gasteiger partial charge is 0.425 e. The van der Waals surface area contributed by atoms with Crippen LogP contribution in [0, 0.1) is 11.8 Å². The molecule has 25 heteroatoms. The van der Waals surface area contributed by atoms with Gasteiger partial charge in [0.25, 0.3) is 11.8 Å². The maximum Gasteiger partial charge on any atom is 0.425 e. The summed E-state index contributed by atoms with van der Waals surface area (Å²) in [5.41, 5.74) is 11.8. The number of nitrogens with zero attached hydrogens (tertiary/aromatic N) is 3. The number of hydrogen-bond acceptors (Lipinski definition) is 16. The van der Waals surface area contributed by atoms with Gasteiger partial charge in [-0.15, -0.1) is 12.6 Å². The topological polar surface area (TPSA) is 338 Å². The highest BCUT2D eigenvalue weighted by Gasteiger charge is 2.44. The lowest BCUT2D eigenvalue weighted by atomic mass is 9.81. The first-order chi connectivity index (χ1) is 43.1. The summed E-state index contributed by atoms with van der Waals surface area (Å²) in [7, 11) is -7.71. The number of ketones is 2. The first kappa shape index (κ1) is 73.3. The van der Waals surface area contributed by atoms with Crippen LogP contribution in [0.25, 0.3) is 0 Å². The third kappa shape index (κ3) is 21.9. The number of nitrogens with two attached hydrogens (primary N) is 1. The fourth-order valence-corrected chi connectivity index (χ4v) is 11.9. The van der Waals surface area contributed by atoms with Crippen molar-refractivity contribution in [1.29, 1.82) is 0 Å². The summed E-state index contributed by atoms with van der Waals surface area (Å²) in [6, 6.07) is 18.1. The predicted molar refractivity (Wildman–Crippen MR) is 343 cm³/mol. The van der Waals surface area contributed by atoms with Crippen molar-refractivity contribution in [3.05, 3.63) is 132 Å². The number of amides is 7. The minimum absolute atomic E-state index is 0.0472.